The average Bonchev–Trinajstić information content (AvgIpc) is 2.95. The Morgan fingerprint density at radius 3 is 2.74 bits per heavy atom. The third-order valence-corrected chi connectivity index (χ3v) is 4.67. The summed E-state index contributed by atoms with van der Waals surface area (Å²) in [5.41, 5.74) is 2.66. The van der Waals surface area contributed by atoms with Gasteiger partial charge in [-0.2, -0.15) is 0 Å². The van der Waals surface area contributed by atoms with Gasteiger partial charge in [0.1, 0.15) is 17.2 Å². The molecule has 0 aromatic carbocycles. The van der Waals surface area contributed by atoms with Crippen LogP contribution in [0.3, 0.4) is 0 Å². The van der Waals surface area contributed by atoms with Gasteiger partial charge < -0.3 is 5.32 Å². The van der Waals surface area contributed by atoms with E-state index >= 15 is 0 Å². The van der Waals surface area contributed by atoms with Gasteiger partial charge in [0.15, 0.2) is 0 Å². The molecule has 3 aromatic heterocycles. The molecule has 4 nitrogen and oxygen atoms in total. The van der Waals surface area contributed by atoms with E-state index in [-0.39, 0.29) is 0 Å². The Morgan fingerprint density at radius 2 is 1.96 bits per heavy atom. The molecule has 5 heteroatoms. The van der Waals surface area contributed by atoms with Crippen LogP contribution >= 0.6 is 11.6 Å². The van der Waals surface area contributed by atoms with Gasteiger partial charge in [-0.15, -0.1) is 0 Å². The van der Waals surface area contributed by atoms with Gasteiger partial charge in [-0.3, -0.25) is 9.38 Å². The van der Waals surface area contributed by atoms with E-state index in [1.807, 2.05) is 36.5 Å². The van der Waals surface area contributed by atoms with Crippen molar-refractivity contribution in [3.8, 4) is 11.4 Å². The van der Waals surface area contributed by atoms with Gasteiger partial charge in [0.25, 0.3) is 0 Å². The van der Waals surface area contributed by atoms with Gasteiger partial charge >= 0.3 is 0 Å². The number of pyridine rings is 2. The van der Waals surface area contributed by atoms with Crippen LogP contribution in [0, 0.1) is 0 Å². The van der Waals surface area contributed by atoms with Crippen LogP contribution in [0.4, 0.5) is 5.82 Å². The zero-order chi connectivity index (χ0) is 15.6. The molecule has 0 aliphatic heterocycles. The number of imidazole rings is 1. The SMILES string of the molecule is Clc1ccc(-c2nc3ccccn3c2NC2CCCCC2)nc1. The lowest BCUT2D eigenvalue weighted by Gasteiger charge is -2.24. The molecule has 0 atom stereocenters. The molecule has 0 saturated heterocycles. The Bertz CT molecular complexity index is 804. The number of aromatic nitrogens is 3. The zero-order valence-electron chi connectivity index (χ0n) is 12.9. The first-order valence-electron chi connectivity index (χ1n) is 8.17. The summed E-state index contributed by atoms with van der Waals surface area (Å²) in [5, 5.41) is 4.35. The zero-order valence-corrected chi connectivity index (χ0v) is 13.6. The number of halogens is 1. The van der Waals surface area contributed by atoms with Crippen molar-refractivity contribution in [1.29, 1.82) is 0 Å². The van der Waals surface area contributed by atoms with Gasteiger partial charge in [0.05, 0.1) is 10.7 Å². The molecule has 1 aliphatic carbocycles. The third kappa shape index (κ3) is 2.91. The lowest BCUT2D eigenvalue weighted by atomic mass is 9.95. The predicted octanol–water partition coefficient (Wildman–Crippen LogP) is 4.79. The van der Waals surface area contributed by atoms with Crippen LogP contribution in [0.5, 0.6) is 0 Å². The molecular formula is C18H19ClN4. The minimum atomic E-state index is 0.509. The van der Waals surface area contributed by atoms with Crippen molar-refractivity contribution in [2.75, 3.05) is 5.32 Å². The molecule has 3 heterocycles. The fourth-order valence-electron chi connectivity index (χ4n) is 3.27. The minimum Gasteiger partial charge on any atom is -0.367 e. The molecule has 0 radical (unpaired) electrons. The van der Waals surface area contributed by atoms with Crippen LogP contribution in [0.2, 0.25) is 5.02 Å². The molecule has 1 aliphatic rings. The van der Waals surface area contributed by atoms with Crippen LogP contribution in [0.15, 0.2) is 42.7 Å². The Morgan fingerprint density at radius 1 is 1.09 bits per heavy atom. The molecule has 1 fully saturated rings. The van der Waals surface area contributed by atoms with Crippen molar-refractivity contribution in [3.63, 3.8) is 0 Å². The number of anilines is 1. The Kier molecular flexibility index (Phi) is 3.92. The van der Waals surface area contributed by atoms with Gasteiger partial charge in [-0.1, -0.05) is 36.9 Å². The van der Waals surface area contributed by atoms with E-state index in [1.54, 1.807) is 6.20 Å². The van der Waals surface area contributed by atoms with Crippen molar-refractivity contribution in [3.05, 3.63) is 47.7 Å². The number of hydrogen-bond acceptors (Lipinski definition) is 3. The smallest absolute Gasteiger partial charge is 0.140 e. The van der Waals surface area contributed by atoms with E-state index in [0.717, 1.165) is 22.9 Å². The standard InChI is InChI=1S/C18H19ClN4/c19-13-9-10-15(20-12-13)17-18(21-14-6-2-1-3-7-14)23-11-5-4-8-16(23)22-17/h4-5,8-12,14,21H,1-3,6-7H2. The first-order valence-corrected chi connectivity index (χ1v) is 8.54. The molecule has 23 heavy (non-hydrogen) atoms. The first-order chi connectivity index (χ1) is 11.3. The Labute approximate surface area is 140 Å². The molecular weight excluding hydrogens is 308 g/mol. The summed E-state index contributed by atoms with van der Waals surface area (Å²) >= 11 is 5.97. The predicted molar refractivity (Wildman–Crippen MR) is 93.9 cm³/mol. The number of nitrogens with zero attached hydrogens (tertiary/aromatic N) is 3. The Balaban J connectivity index is 1.79. The van der Waals surface area contributed by atoms with E-state index in [0.29, 0.717) is 11.1 Å². The highest BCUT2D eigenvalue weighted by atomic mass is 35.5. The summed E-state index contributed by atoms with van der Waals surface area (Å²) in [6.45, 7) is 0. The average molecular weight is 327 g/mol. The summed E-state index contributed by atoms with van der Waals surface area (Å²) in [6, 6.07) is 10.3. The number of nitrogens with one attached hydrogen (secondary N) is 1. The molecule has 118 valence electrons. The van der Waals surface area contributed by atoms with Crippen LogP contribution in [0.25, 0.3) is 17.0 Å². The molecule has 1 saturated carbocycles. The topological polar surface area (TPSA) is 42.2 Å². The normalized spacial score (nSPS) is 15.9. The maximum atomic E-state index is 5.97. The first kappa shape index (κ1) is 14.5. The molecule has 3 aromatic rings. The molecule has 0 spiro atoms. The summed E-state index contributed by atoms with van der Waals surface area (Å²) in [4.78, 5) is 9.22. The van der Waals surface area contributed by atoms with Crippen LogP contribution < -0.4 is 5.32 Å². The van der Waals surface area contributed by atoms with Gasteiger partial charge in [0.2, 0.25) is 0 Å². The Hall–Kier alpha value is -2.07. The van der Waals surface area contributed by atoms with Crippen LogP contribution in [0.1, 0.15) is 32.1 Å². The highest BCUT2D eigenvalue weighted by molar-refractivity contribution is 6.30. The van der Waals surface area contributed by atoms with E-state index in [4.69, 9.17) is 16.6 Å². The third-order valence-electron chi connectivity index (χ3n) is 4.45. The number of rotatable bonds is 3. The fraction of sp³-hybridized carbons (Fsp3) is 0.333. The van der Waals surface area contributed by atoms with Crippen molar-refractivity contribution in [2.24, 2.45) is 0 Å². The van der Waals surface area contributed by atoms with Crippen molar-refractivity contribution in [2.45, 2.75) is 38.1 Å². The molecule has 4 rings (SSSR count). The second-order valence-corrected chi connectivity index (χ2v) is 6.52. The fourth-order valence-corrected chi connectivity index (χ4v) is 3.38. The molecule has 0 bridgehead atoms. The summed E-state index contributed by atoms with van der Waals surface area (Å²) < 4.78 is 2.11. The van der Waals surface area contributed by atoms with Crippen LogP contribution in [-0.2, 0) is 0 Å². The number of fused-ring (bicyclic) bond motifs is 1. The molecule has 1 N–H and O–H groups in total. The van der Waals surface area contributed by atoms with E-state index < -0.39 is 0 Å². The largest absolute Gasteiger partial charge is 0.367 e. The monoisotopic (exact) mass is 326 g/mol. The van der Waals surface area contributed by atoms with Crippen molar-refractivity contribution < 1.29 is 0 Å². The van der Waals surface area contributed by atoms with Crippen molar-refractivity contribution >= 4 is 23.1 Å². The minimum absolute atomic E-state index is 0.509. The second-order valence-electron chi connectivity index (χ2n) is 6.08. The van der Waals surface area contributed by atoms with Crippen LogP contribution in [-0.4, -0.2) is 20.4 Å². The van der Waals surface area contributed by atoms with Gasteiger partial charge in [-0.25, -0.2) is 4.98 Å². The molecule has 0 unspecified atom stereocenters. The highest BCUT2D eigenvalue weighted by Crippen LogP contribution is 2.30. The quantitative estimate of drug-likeness (QED) is 0.752. The lowest BCUT2D eigenvalue weighted by molar-refractivity contribution is 0.461. The maximum absolute atomic E-state index is 5.97. The van der Waals surface area contributed by atoms with E-state index in [9.17, 15) is 0 Å². The highest BCUT2D eigenvalue weighted by Gasteiger charge is 2.19. The maximum Gasteiger partial charge on any atom is 0.140 e. The number of hydrogen-bond donors (Lipinski definition) is 1. The lowest BCUT2D eigenvalue weighted by Crippen LogP contribution is -2.23. The van der Waals surface area contributed by atoms with Gasteiger partial charge in [-0.05, 0) is 37.1 Å². The van der Waals surface area contributed by atoms with E-state index in [2.05, 4.69) is 14.7 Å². The molecule has 0 amide bonds. The summed E-state index contributed by atoms with van der Waals surface area (Å²) in [5.74, 6) is 1.03. The van der Waals surface area contributed by atoms with E-state index in [1.165, 1.54) is 32.1 Å². The summed E-state index contributed by atoms with van der Waals surface area (Å²) in [7, 11) is 0. The van der Waals surface area contributed by atoms with Crippen molar-refractivity contribution in [1.82, 2.24) is 14.4 Å². The second kappa shape index (κ2) is 6.20. The summed E-state index contributed by atoms with van der Waals surface area (Å²) in [6.07, 6.45) is 10.1. The van der Waals surface area contributed by atoms with Gasteiger partial charge in [0, 0.05) is 18.4 Å².